The summed E-state index contributed by atoms with van der Waals surface area (Å²) in [6.07, 6.45) is 1.68. The molecular weight excluding hydrogens is 166 g/mol. The van der Waals surface area contributed by atoms with Crippen LogP contribution in [0.5, 0.6) is 0 Å². The molecule has 0 spiro atoms. The molecule has 0 aromatic heterocycles. The molecule has 3 heteroatoms. The molecule has 0 bridgehead atoms. The molecule has 2 aliphatic carbocycles. The van der Waals surface area contributed by atoms with E-state index in [0.717, 1.165) is 6.42 Å². The van der Waals surface area contributed by atoms with Crippen molar-refractivity contribution in [3.63, 3.8) is 0 Å². The molecule has 68 valence electrons. The summed E-state index contributed by atoms with van der Waals surface area (Å²) in [6, 6.07) is 2.05. The summed E-state index contributed by atoms with van der Waals surface area (Å²) in [5.74, 6) is 0.483. The van der Waals surface area contributed by atoms with Gasteiger partial charge < -0.3 is 0 Å². The lowest BCUT2D eigenvalue weighted by Crippen LogP contribution is -2.29. The molecule has 2 rings (SSSR count). The number of nitriles is 1. The van der Waals surface area contributed by atoms with E-state index in [4.69, 9.17) is 5.26 Å². The number of fused-ring (bicyclic) bond motifs is 1. The Morgan fingerprint density at radius 3 is 2.85 bits per heavy atom. The van der Waals surface area contributed by atoms with Gasteiger partial charge in [0, 0.05) is 12.3 Å². The average molecular weight is 177 g/mol. The Hall–Kier alpha value is -1.17. The van der Waals surface area contributed by atoms with Crippen LogP contribution in [0.2, 0.25) is 0 Å². The van der Waals surface area contributed by atoms with Gasteiger partial charge in [-0.15, -0.1) is 0 Å². The van der Waals surface area contributed by atoms with E-state index in [0.29, 0.717) is 12.3 Å². The standard InChI is InChI=1S/C10H11NO2/c1-6(12)3-10(5-11)4-7-2-8(7)9(10)13/h7-8H,2-4H2,1H3. The van der Waals surface area contributed by atoms with Crippen LogP contribution in [0.1, 0.15) is 26.2 Å². The van der Waals surface area contributed by atoms with Gasteiger partial charge in [0.1, 0.15) is 11.2 Å². The molecule has 2 fully saturated rings. The van der Waals surface area contributed by atoms with Crippen LogP contribution >= 0.6 is 0 Å². The van der Waals surface area contributed by atoms with E-state index in [9.17, 15) is 9.59 Å². The van der Waals surface area contributed by atoms with E-state index >= 15 is 0 Å². The fourth-order valence-electron chi connectivity index (χ4n) is 2.42. The van der Waals surface area contributed by atoms with E-state index in [-0.39, 0.29) is 23.9 Å². The van der Waals surface area contributed by atoms with Crippen LogP contribution in [0.3, 0.4) is 0 Å². The monoisotopic (exact) mass is 177 g/mol. The van der Waals surface area contributed by atoms with Crippen LogP contribution in [-0.4, -0.2) is 11.6 Å². The van der Waals surface area contributed by atoms with Gasteiger partial charge in [-0.05, 0) is 25.7 Å². The molecular formula is C10H11NO2. The molecule has 3 atom stereocenters. The smallest absolute Gasteiger partial charge is 0.156 e. The average Bonchev–Trinajstić information content (AvgIpc) is 2.75. The van der Waals surface area contributed by atoms with Crippen molar-refractivity contribution < 1.29 is 9.59 Å². The van der Waals surface area contributed by atoms with Crippen molar-refractivity contribution in [1.82, 2.24) is 0 Å². The van der Waals surface area contributed by atoms with Crippen LogP contribution < -0.4 is 0 Å². The van der Waals surface area contributed by atoms with Gasteiger partial charge in [0.05, 0.1) is 6.07 Å². The summed E-state index contributed by atoms with van der Waals surface area (Å²) in [6.45, 7) is 1.44. The highest BCUT2D eigenvalue weighted by molar-refractivity contribution is 5.98. The van der Waals surface area contributed by atoms with Crippen LogP contribution in [0.15, 0.2) is 0 Å². The largest absolute Gasteiger partial charge is 0.300 e. The normalized spacial score (nSPS) is 41.1. The summed E-state index contributed by atoms with van der Waals surface area (Å²) < 4.78 is 0. The third-order valence-electron chi connectivity index (χ3n) is 3.11. The van der Waals surface area contributed by atoms with Gasteiger partial charge >= 0.3 is 0 Å². The molecule has 2 saturated carbocycles. The maximum absolute atomic E-state index is 11.7. The molecule has 0 N–H and O–H groups in total. The Morgan fingerprint density at radius 1 is 1.77 bits per heavy atom. The molecule has 0 aromatic carbocycles. The first-order chi connectivity index (χ1) is 6.09. The van der Waals surface area contributed by atoms with Crippen molar-refractivity contribution in [3.05, 3.63) is 0 Å². The number of carbonyl (C=O) groups is 2. The fraction of sp³-hybridized carbons (Fsp3) is 0.700. The van der Waals surface area contributed by atoms with Gasteiger partial charge in [0.2, 0.25) is 0 Å². The first-order valence-electron chi connectivity index (χ1n) is 4.54. The van der Waals surface area contributed by atoms with Crippen LogP contribution in [0.25, 0.3) is 0 Å². The lowest BCUT2D eigenvalue weighted by molar-refractivity contribution is -0.129. The highest BCUT2D eigenvalue weighted by Gasteiger charge is 2.61. The Kier molecular flexibility index (Phi) is 1.56. The summed E-state index contributed by atoms with van der Waals surface area (Å²) >= 11 is 0. The first kappa shape index (κ1) is 8.43. The van der Waals surface area contributed by atoms with Gasteiger partial charge in [-0.1, -0.05) is 0 Å². The molecule has 0 radical (unpaired) electrons. The van der Waals surface area contributed by atoms with Crippen molar-refractivity contribution >= 4 is 11.6 Å². The van der Waals surface area contributed by atoms with Gasteiger partial charge in [-0.3, -0.25) is 9.59 Å². The lowest BCUT2D eigenvalue weighted by atomic mass is 9.79. The number of hydrogen-bond acceptors (Lipinski definition) is 3. The van der Waals surface area contributed by atoms with Crippen molar-refractivity contribution in [3.8, 4) is 6.07 Å². The zero-order valence-electron chi connectivity index (χ0n) is 7.54. The quantitative estimate of drug-likeness (QED) is 0.634. The van der Waals surface area contributed by atoms with Crippen LogP contribution in [0.4, 0.5) is 0 Å². The second-order valence-electron chi connectivity index (χ2n) is 4.24. The van der Waals surface area contributed by atoms with Crippen molar-refractivity contribution in [2.75, 3.05) is 0 Å². The summed E-state index contributed by atoms with van der Waals surface area (Å²) in [4.78, 5) is 22.6. The lowest BCUT2D eigenvalue weighted by Gasteiger charge is -2.18. The number of Topliss-reactive ketones (excluding diaryl/α,β-unsaturated/α-hetero) is 2. The minimum absolute atomic E-state index is 0.0233. The fourth-order valence-corrected chi connectivity index (χ4v) is 2.42. The number of nitrogens with zero attached hydrogens (tertiary/aromatic N) is 1. The van der Waals surface area contributed by atoms with E-state index in [1.54, 1.807) is 0 Å². The zero-order valence-corrected chi connectivity index (χ0v) is 7.54. The van der Waals surface area contributed by atoms with Crippen molar-refractivity contribution in [1.29, 1.82) is 5.26 Å². The highest BCUT2D eigenvalue weighted by Crippen LogP contribution is 2.58. The summed E-state index contributed by atoms with van der Waals surface area (Å²) in [5, 5.41) is 8.95. The van der Waals surface area contributed by atoms with E-state index in [1.165, 1.54) is 6.92 Å². The van der Waals surface area contributed by atoms with E-state index in [1.807, 2.05) is 6.07 Å². The molecule has 2 aliphatic rings. The Balaban J connectivity index is 2.22. The van der Waals surface area contributed by atoms with Crippen molar-refractivity contribution in [2.24, 2.45) is 17.3 Å². The van der Waals surface area contributed by atoms with Gasteiger partial charge in [0.25, 0.3) is 0 Å². The topological polar surface area (TPSA) is 57.9 Å². The number of hydrogen-bond donors (Lipinski definition) is 0. The van der Waals surface area contributed by atoms with Crippen LogP contribution in [0, 0.1) is 28.6 Å². The molecule has 0 aromatic rings. The minimum Gasteiger partial charge on any atom is -0.300 e. The minimum atomic E-state index is -0.945. The maximum atomic E-state index is 11.7. The molecule has 0 amide bonds. The van der Waals surface area contributed by atoms with E-state index < -0.39 is 5.41 Å². The molecule has 3 unspecified atom stereocenters. The van der Waals surface area contributed by atoms with E-state index in [2.05, 4.69) is 0 Å². The van der Waals surface area contributed by atoms with Crippen molar-refractivity contribution in [2.45, 2.75) is 26.2 Å². The number of rotatable bonds is 2. The Bertz CT molecular complexity index is 328. The second kappa shape index (κ2) is 2.41. The summed E-state index contributed by atoms with van der Waals surface area (Å²) in [7, 11) is 0. The predicted octanol–water partition coefficient (Wildman–Crippen LogP) is 1.08. The first-order valence-corrected chi connectivity index (χ1v) is 4.54. The molecule has 0 aliphatic heterocycles. The third-order valence-corrected chi connectivity index (χ3v) is 3.11. The summed E-state index contributed by atoms with van der Waals surface area (Å²) in [5.41, 5.74) is -0.945. The molecule has 3 nitrogen and oxygen atoms in total. The Morgan fingerprint density at radius 2 is 2.46 bits per heavy atom. The highest BCUT2D eigenvalue weighted by atomic mass is 16.1. The molecule has 0 heterocycles. The molecule has 13 heavy (non-hydrogen) atoms. The Labute approximate surface area is 76.7 Å². The maximum Gasteiger partial charge on any atom is 0.156 e. The predicted molar refractivity (Wildman–Crippen MR) is 44.6 cm³/mol. The zero-order chi connectivity index (χ0) is 9.64. The van der Waals surface area contributed by atoms with Gasteiger partial charge in [0.15, 0.2) is 5.78 Å². The number of carbonyl (C=O) groups excluding carboxylic acids is 2. The van der Waals surface area contributed by atoms with Gasteiger partial charge in [-0.2, -0.15) is 5.26 Å². The third kappa shape index (κ3) is 1.09. The molecule has 0 saturated heterocycles. The SMILES string of the molecule is CC(=O)CC1(C#N)CC2CC2C1=O. The van der Waals surface area contributed by atoms with Crippen LogP contribution in [-0.2, 0) is 9.59 Å². The van der Waals surface area contributed by atoms with Gasteiger partial charge in [-0.25, -0.2) is 0 Å². The second-order valence-corrected chi connectivity index (χ2v) is 4.24. The number of ketones is 2.